The first kappa shape index (κ1) is 18.8. The summed E-state index contributed by atoms with van der Waals surface area (Å²) in [7, 11) is 0. The van der Waals surface area contributed by atoms with Gasteiger partial charge in [-0.3, -0.25) is 4.90 Å². The normalized spacial score (nSPS) is 10.3. The lowest BCUT2D eigenvalue weighted by molar-refractivity contribution is 0.207. The maximum Gasteiger partial charge on any atom is 0.420 e. The molecule has 27 heavy (non-hydrogen) atoms. The summed E-state index contributed by atoms with van der Waals surface area (Å²) < 4.78 is 35.7. The predicted octanol–water partition coefficient (Wildman–Crippen LogP) is 5.89. The molecule has 0 aliphatic heterocycles. The summed E-state index contributed by atoms with van der Waals surface area (Å²) >= 11 is 3.10. The van der Waals surface area contributed by atoms with Crippen molar-refractivity contribution in [2.75, 3.05) is 9.24 Å². The number of nitrogens with one attached hydrogen (secondary N) is 1. The van der Waals surface area contributed by atoms with Crippen LogP contribution in [0.4, 0.5) is 25.0 Å². The topological polar surface area (TPSA) is 41.6 Å². The number of rotatable bonds is 5. The van der Waals surface area contributed by atoms with Gasteiger partial charge in [-0.05, 0) is 42.0 Å². The van der Waals surface area contributed by atoms with Gasteiger partial charge in [0.2, 0.25) is 0 Å². The van der Waals surface area contributed by atoms with Crippen LogP contribution in [-0.4, -0.2) is 6.09 Å². The van der Waals surface area contributed by atoms with Gasteiger partial charge in [0.05, 0.1) is 17.9 Å². The van der Waals surface area contributed by atoms with Gasteiger partial charge in [0.1, 0.15) is 11.6 Å². The average Bonchev–Trinajstić information content (AvgIpc) is 2.68. The number of amides is 1. The molecule has 1 N–H and O–H groups in total. The number of para-hydroxylation sites is 3. The molecule has 0 aliphatic carbocycles. The first-order chi connectivity index (χ1) is 13.1. The Labute approximate surface area is 163 Å². The van der Waals surface area contributed by atoms with Crippen LogP contribution < -0.4 is 14.0 Å². The SMILES string of the molecule is O=C(Oc1ccccc1NBr)N(Cc1ccc(F)cc1)c1ccccc1F. The van der Waals surface area contributed by atoms with Gasteiger partial charge in [-0.15, -0.1) is 0 Å². The third kappa shape index (κ3) is 4.62. The average molecular weight is 433 g/mol. The Morgan fingerprint density at radius 2 is 1.63 bits per heavy atom. The largest absolute Gasteiger partial charge is 0.420 e. The fourth-order valence-corrected chi connectivity index (χ4v) is 2.80. The second-order valence-corrected chi connectivity index (χ2v) is 6.02. The van der Waals surface area contributed by atoms with Crippen LogP contribution in [0.25, 0.3) is 0 Å². The molecule has 0 spiro atoms. The van der Waals surface area contributed by atoms with Gasteiger partial charge in [0.15, 0.2) is 5.75 Å². The number of benzene rings is 3. The van der Waals surface area contributed by atoms with E-state index in [4.69, 9.17) is 4.74 Å². The summed E-state index contributed by atoms with van der Waals surface area (Å²) in [5, 5.41) is 0. The molecule has 3 aromatic carbocycles. The summed E-state index contributed by atoms with van der Waals surface area (Å²) in [6, 6.07) is 18.3. The van der Waals surface area contributed by atoms with Crippen LogP contribution in [0.3, 0.4) is 0 Å². The minimum absolute atomic E-state index is 0.0178. The van der Waals surface area contributed by atoms with Gasteiger partial charge in [-0.1, -0.05) is 36.4 Å². The predicted molar refractivity (Wildman–Crippen MR) is 104 cm³/mol. The highest BCUT2D eigenvalue weighted by Crippen LogP contribution is 2.28. The van der Waals surface area contributed by atoms with Crippen molar-refractivity contribution in [1.29, 1.82) is 0 Å². The number of nitrogens with zero attached hydrogens (tertiary/aromatic N) is 1. The zero-order chi connectivity index (χ0) is 19.2. The van der Waals surface area contributed by atoms with E-state index in [0.29, 0.717) is 11.3 Å². The molecule has 3 rings (SSSR count). The van der Waals surface area contributed by atoms with Gasteiger partial charge >= 0.3 is 6.09 Å². The second kappa shape index (κ2) is 8.64. The quantitative estimate of drug-likeness (QED) is 0.510. The van der Waals surface area contributed by atoms with E-state index < -0.39 is 17.7 Å². The fraction of sp³-hybridized carbons (Fsp3) is 0.0500. The molecule has 1 amide bonds. The van der Waals surface area contributed by atoms with Crippen LogP contribution in [0.15, 0.2) is 72.8 Å². The number of hydrogen-bond acceptors (Lipinski definition) is 3. The first-order valence-electron chi connectivity index (χ1n) is 8.02. The second-order valence-electron chi connectivity index (χ2n) is 5.62. The maximum absolute atomic E-state index is 14.3. The van der Waals surface area contributed by atoms with Crippen molar-refractivity contribution < 1.29 is 18.3 Å². The highest BCUT2D eigenvalue weighted by Gasteiger charge is 2.22. The molecule has 4 nitrogen and oxygen atoms in total. The summed E-state index contributed by atoms with van der Waals surface area (Å²) in [4.78, 5) is 14.0. The Balaban J connectivity index is 1.92. The van der Waals surface area contributed by atoms with Crippen molar-refractivity contribution in [2.45, 2.75) is 6.54 Å². The number of hydrogen-bond donors (Lipinski definition) is 1. The molecule has 0 saturated carbocycles. The maximum atomic E-state index is 14.3. The Bertz CT molecular complexity index is 935. The van der Waals surface area contributed by atoms with Crippen molar-refractivity contribution in [1.82, 2.24) is 0 Å². The van der Waals surface area contributed by atoms with Gasteiger partial charge in [-0.25, -0.2) is 13.6 Å². The van der Waals surface area contributed by atoms with E-state index >= 15 is 0 Å². The van der Waals surface area contributed by atoms with E-state index in [9.17, 15) is 13.6 Å². The summed E-state index contributed by atoms with van der Waals surface area (Å²) in [6.45, 7) is 0.0178. The lowest BCUT2D eigenvalue weighted by atomic mass is 10.2. The lowest BCUT2D eigenvalue weighted by Gasteiger charge is -2.23. The Morgan fingerprint density at radius 3 is 2.33 bits per heavy atom. The lowest BCUT2D eigenvalue weighted by Crippen LogP contribution is -2.33. The van der Waals surface area contributed by atoms with Crippen molar-refractivity contribution >= 4 is 33.6 Å². The van der Waals surface area contributed by atoms with Crippen molar-refractivity contribution in [3.05, 3.63) is 90.0 Å². The van der Waals surface area contributed by atoms with Crippen molar-refractivity contribution in [3.63, 3.8) is 0 Å². The molecule has 7 heteroatoms. The molecule has 0 heterocycles. The number of halogens is 3. The zero-order valence-corrected chi connectivity index (χ0v) is 15.6. The molecular weight excluding hydrogens is 418 g/mol. The highest BCUT2D eigenvalue weighted by molar-refractivity contribution is 9.10. The molecule has 0 saturated heterocycles. The molecule has 0 atom stereocenters. The van der Waals surface area contributed by atoms with E-state index in [1.165, 1.54) is 42.5 Å². The molecule has 0 fully saturated rings. The van der Waals surface area contributed by atoms with Crippen LogP contribution in [0.5, 0.6) is 5.75 Å². The number of carbonyl (C=O) groups is 1. The smallest absolute Gasteiger partial charge is 0.408 e. The van der Waals surface area contributed by atoms with Crippen molar-refractivity contribution in [2.24, 2.45) is 0 Å². The van der Waals surface area contributed by atoms with Gasteiger partial charge in [0, 0.05) is 16.1 Å². The fourth-order valence-electron chi connectivity index (χ4n) is 2.47. The van der Waals surface area contributed by atoms with E-state index in [0.717, 1.165) is 4.90 Å². The van der Waals surface area contributed by atoms with E-state index in [1.807, 2.05) is 0 Å². The summed E-state index contributed by atoms with van der Waals surface area (Å²) in [5.41, 5.74) is 1.24. The third-order valence-corrected chi connectivity index (χ3v) is 4.23. The number of anilines is 2. The van der Waals surface area contributed by atoms with Crippen LogP contribution >= 0.6 is 16.1 Å². The van der Waals surface area contributed by atoms with Crippen LogP contribution in [0.2, 0.25) is 0 Å². The number of ether oxygens (including phenoxy) is 1. The molecule has 138 valence electrons. The van der Waals surface area contributed by atoms with Crippen molar-refractivity contribution in [3.8, 4) is 5.75 Å². The minimum Gasteiger partial charge on any atom is -0.408 e. The van der Waals surface area contributed by atoms with E-state index in [-0.39, 0.29) is 18.0 Å². The molecule has 0 aliphatic rings. The van der Waals surface area contributed by atoms with Gasteiger partial charge in [0.25, 0.3) is 0 Å². The molecule has 0 bridgehead atoms. The van der Waals surface area contributed by atoms with Gasteiger partial charge < -0.3 is 9.08 Å². The molecular formula is C20H15BrF2N2O2. The zero-order valence-electron chi connectivity index (χ0n) is 14.0. The van der Waals surface area contributed by atoms with Crippen LogP contribution in [-0.2, 0) is 6.54 Å². The van der Waals surface area contributed by atoms with E-state index in [1.54, 1.807) is 30.3 Å². The number of carbonyl (C=O) groups excluding carboxylic acids is 1. The van der Waals surface area contributed by atoms with Crippen LogP contribution in [0, 0.1) is 11.6 Å². The minimum atomic E-state index is -0.764. The Kier molecular flexibility index (Phi) is 6.03. The summed E-state index contributed by atoms with van der Waals surface area (Å²) in [5.74, 6) is -0.681. The Morgan fingerprint density at radius 1 is 0.963 bits per heavy atom. The van der Waals surface area contributed by atoms with E-state index in [2.05, 4.69) is 20.5 Å². The highest BCUT2D eigenvalue weighted by atomic mass is 79.9. The monoisotopic (exact) mass is 432 g/mol. The molecule has 0 aromatic heterocycles. The molecule has 0 unspecified atom stereocenters. The summed E-state index contributed by atoms with van der Waals surface area (Å²) in [6.07, 6.45) is -0.764. The molecule has 3 aromatic rings. The first-order valence-corrected chi connectivity index (χ1v) is 8.82. The van der Waals surface area contributed by atoms with Gasteiger partial charge in [-0.2, -0.15) is 0 Å². The third-order valence-electron chi connectivity index (χ3n) is 3.80. The Hall–Kier alpha value is -2.93. The standard InChI is InChI=1S/C20H15BrF2N2O2/c21-24-17-6-2-4-8-19(17)27-20(26)25(18-7-3-1-5-16(18)23)13-14-9-11-15(22)12-10-14/h1-12,24H,13H2. The van der Waals surface area contributed by atoms with Crippen LogP contribution in [0.1, 0.15) is 5.56 Å². The molecule has 0 radical (unpaired) electrons.